The lowest BCUT2D eigenvalue weighted by molar-refractivity contribution is 0.101. The standard InChI is InChI=1S/C13H17N5O3/c1-4-8-18-13(15-16-17-18)14-12(19)11-9(20-2)6-5-7-10(11)21-3/h5-7H,4,8H2,1-3H3,(H,14,15,17,19). The normalized spacial score (nSPS) is 10.2. The fourth-order valence-corrected chi connectivity index (χ4v) is 1.90. The Bertz CT molecular complexity index is 604. The van der Waals surface area contributed by atoms with Crippen molar-refractivity contribution in [3.05, 3.63) is 23.8 Å². The van der Waals surface area contributed by atoms with Gasteiger partial charge < -0.3 is 9.47 Å². The van der Waals surface area contributed by atoms with Gasteiger partial charge in [0.2, 0.25) is 5.95 Å². The minimum absolute atomic E-state index is 0.287. The largest absolute Gasteiger partial charge is 0.496 e. The topological polar surface area (TPSA) is 91.2 Å². The van der Waals surface area contributed by atoms with Gasteiger partial charge in [-0.1, -0.05) is 18.1 Å². The molecule has 2 rings (SSSR count). The molecular weight excluding hydrogens is 274 g/mol. The third kappa shape index (κ3) is 3.10. The van der Waals surface area contributed by atoms with Crippen molar-refractivity contribution in [1.29, 1.82) is 0 Å². The number of carbonyl (C=O) groups is 1. The van der Waals surface area contributed by atoms with E-state index in [4.69, 9.17) is 9.47 Å². The Hall–Kier alpha value is -2.64. The number of benzene rings is 1. The Morgan fingerprint density at radius 2 is 1.95 bits per heavy atom. The Balaban J connectivity index is 2.30. The van der Waals surface area contributed by atoms with Gasteiger partial charge in [-0.3, -0.25) is 10.1 Å². The fourth-order valence-electron chi connectivity index (χ4n) is 1.90. The molecule has 0 aliphatic heterocycles. The number of ether oxygens (including phenoxy) is 2. The van der Waals surface area contributed by atoms with Gasteiger partial charge in [0.15, 0.2) is 0 Å². The number of aromatic nitrogens is 4. The van der Waals surface area contributed by atoms with E-state index in [1.807, 2.05) is 6.92 Å². The van der Waals surface area contributed by atoms with Crippen molar-refractivity contribution >= 4 is 11.9 Å². The number of aryl methyl sites for hydroxylation is 1. The van der Waals surface area contributed by atoms with Crippen LogP contribution in [-0.4, -0.2) is 40.3 Å². The maximum Gasteiger partial charge on any atom is 0.265 e. The van der Waals surface area contributed by atoms with Crippen LogP contribution < -0.4 is 14.8 Å². The van der Waals surface area contributed by atoms with Gasteiger partial charge in [0.1, 0.15) is 17.1 Å². The van der Waals surface area contributed by atoms with Crippen molar-refractivity contribution in [2.45, 2.75) is 19.9 Å². The summed E-state index contributed by atoms with van der Waals surface area (Å²) < 4.78 is 11.9. The lowest BCUT2D eigenvalue weighted by Gasteiger charge is -2.12. The molecule has 1 aromatic heterocycles. The zero-order valence-corrected chi connectivity index (χ0v) is 12.2. The van der Waals surface area contributed by atoms with Crippen LogP contribution in [0.5, 0.6) is 11.5 Å². The highest BCUT2D eigenvalue weighted by Gasteiger charge is 2.20. The summed E-state index contributed by atoms with van der Waals surface area (Å²) in [7, 11) is 2.99. The molecule has 0 spiro atoms. The first-order chi connectivity index (χ1) is 10.2. The van der Waals surface area contributed by atoms with Gasteiger partial charge in [0.05, 0.1) is 14.2 Å². The molecule has 0 aliphatic rings. The van der Waals surface area contributed by atoms with Crippen molar-refractivity contribution in [2.75, 3.05) is 19.5 Å². The van der Waals surface area contributed by atoms with Crippen LogP contribution in [0, 0.1) is 0 Å². The number of nitrogens with zero attached hydrogens (tertiary/aromatic N) is 4. The van der Waals surface area contributed by atoms with E-state index < -0.39 is 5.91 Å². The number of hydrogen-bond donors (Lipinski definition) is 1. The van der Waals surface area contributed by atoms with Crippen LogP contribution in [0.4, 0.5) is 5.95 Å². The molecular formula is C13H17N5O3. The van der Waals surface area contributed by atoms with Gasteiger partial charge in [-0.25, -0.2) is 4.68 Å². The third-order valence-electron chi connectivity index (χ3n) is 2.85. The summed E-state index contributed by atoms with van der Waals surface area (Å²) in [6, 6.07) is 5.12. The van der Waals surface area contributed by atoms with Crippen molar-refractivity contribution in [2.24, 2.45) is 0 Å². The van der Waals surface area contributed by atoms with Crippen molar-refractivity contribution in [3.8, 4) is 11.5 Å². The molecule has 0 atom stereocenters. The number of carbonyl (C=O) groups excluding carboxylic acids is 1. The molecule has 8 heteroatoms. The molecule has 2 aromatic rings. The molecule has 112 valence electrons. The van der Waals surface area contributed by atoms with Crippen LogP contribution in [0.25, 0.3) is 0 Å². The highest BCUT2D eigenvalue weighted by atomic mass is 16.5. The quantitative estimate of drug-likeness (QED) is 0.864. The molecule has 1 heterocycles. The van der Waals surface area contributed by atoms with Crippen LogP contribution in [0.1, 0.15) is 23.7 Å². The number of methoxy groups -OCH3 is 2. The van der Waals surface area contributed by atoms with E-state index >= 15 is 0 Å². The molecule has 0 saturated heterocycles. The molecule has 0 radical (unpaired) electrons. The molecule has 1 N–H and O–H groups in total. The first-order valence-electron chi connectivity index (χ1n) is 6.49. The average molecular weight is 291 g/mol. The van der Waals surface area contributed by atoms with Crippen LogP contribution >= 0.6 is 0 Å². The van der Waals surface area contributed by atoms with Crippen LogP contribution in [0.15, 0.2) is 18.2 Å². The lowest BCUT2D eigenvalue weighted by atomic mass is 10.1. The van der Waals surface area contributed by atoms with E-state index in [2.05, 4.69) is 20.8 Å². The Kier molecular flexibility index (Phi) is 4.70. The van der Waals surface area contributed by atoms with E-state index in [1.54, 1.807) is 18.2 Å². The smallest absolute Gasteiger partial charge is 0.265 e. The lowest BCUT2D eigenvalue weighted by Crippen LogP contribution is -2.18. The van der Waals surface area contributed by atoms with Gasteiger partial charge in [0, 0.05) is 6.54 Å². The second-order valence-corrected chi connectivity index (χ2v) is 4.22. The number of amides is 1. The summed E-state index contributed by atoms with van der Waals surface area (Å²) in [6.07, 6.45) is 0.853. The number of hydrogen-bond acceptors (Lipinski definition) is 6. The summed E-state index contributed by atoms with van der Waals surface area (Å²) in [5, 5.41) is 13.8. The van der Waals surface area contributed by atoms with Gasteiger partial charge in [-0.05, 0) is 29.0 Å². The Labute approximate surface area is 122 Å². The first-order valence-corrected chi connectivity index (χ1v) is 6.49. The minimum atomic E-state index is -0.392. The SMILES string of the molecule is CCCn1nnnc1NC(=O)c1c(OC)cccc1OC. The van der Waals surface area contributed by atoms with Gasteiger partial charge in [-0.2, -0.15) is 0 Å². The van der Waals surface area contributed by atoms with Crippen molar-refractivity contribution in [3.63, 3.8) is 0 Å². The molecule has 1 amide bonds. The summed E-state index contributed by atoms with van der Waals surface area (Å²) in [5.41, 5.74) is 0.300. The summed E-state index contributed by atoms with van der Waals surface area (Å²) in [5.74, 6) is 0.731. The molecule has 0 unspecified atom stereocenters. The van der Waals surface area contributed by atoms with E-state index in [0.717, 1.165) is 6.42 Å². The number of tetrazole rings is 1. The Morgan fingerprint density at radius 1 is 1.29 bits per heavy atom. The van der Waals surface area contributed by atoms with E-state index in [-0.39, 0.29) is 5.95 Å². The fraction of sp³-hybridized carbons (Fsp3) is 0.385. The van der Waals surface area contributed by atoms with Crippen LogP contribution in [-0.2, 0) is 6.54 Å². The van der Waals surface area contributed by atoms with Crippen LogP contribution in [0.2, 0.25) is 0 Å². The molecule has 0 fully saturated rings. The van der Waals surface area contributed by atoms with Crippen molar-refractivity contribution < 1.29 is 14.3 Å². The van der Waals surface area contributed by atoms with E-state index in [1.165, 1.54) is 18.9 Å². The second-order valence-electron chi connectivity index (χ2n) is 4.22. The molecule has 0 saturated carbocycles. The predicted octanol–water partition coefficient (Wildman–Crippen LogP) is 1.35. The van der Waals surface area contributed by atoms with Crippen LogP contribution in [0.3, 0.4) is 0 Å². The Morgan fingerprint density at radius 3 is 2.52 bits per heavy atom. The number of nitrogens with one attached hydrogen (secondary N) is 1. The van der Waals surface area contributed by atoms with Gasteiger partial charge >= 0.3 is 0 Å². The second kappa shape index (κ2) is 6.69. The molecule has 21 heavy (non-hydrogen) atoms. The zero-order chi connectivity index (χ0) is 15.2. The number of rotatable bonds is 6. The van der Waals surface area contributed by atoms with Gasteiger partial charge in [0.25, 0.3) is 5.91 Å². The number of anilines is 1. The monoisotopic (exact) mass is 291 g/mol. The maximum absolute atomic E-state index is 12.4. The highest BCUT2D eigenvalue weighted by molar-refractivity contribution is 6.07. The van der Waals surface area contributed by atoms with E-state index in [0.29, 0.717) is 23.6 Å². The molecule has 0 aliphatic carbocycles. The molecule has 0 bridgehead atoms. The van der Waals surface area contributed by atoms with E-state index in [9.17, 15) is 4.79 Å². The average Bonchev–Trinajstić information content (AvgIpc) is 2.93. The zero-order valence-electron chi connectivity index (χ0n) is 12.2. The predicted molar refractivity (Wildman–Crippen MR) is 75.6 cm³/mol. The summed E-state index contributed by atoms with van der Waals surface area (Å²) >= 11 is 0. The van der Waals surface area contributed by atoms with Gasteiger partial charge in [-0.15, -0.1) is 0 Å². The summed E-state index contributed by atoms with van der Waals surface area (Å²) in [6.45, 7) is 2.61. The first kappa shape index (κ1) is 14.8. The molecule has 8 nitrogen and oxygen atoms in total. The minimum Gasteiger partial charge on any atom is -0.496 e. The highest BCUT2D eigenvalue weighted by Crippen LogP contribution is 2.28. The molecule has 1 aromatic carbocycles. The maximum atomic E-state index is 12.4. The summed E-state index contributed by atoms with van der Waals surface area (Å²) in [4.78, 5) is 12.4. The van der Waals surface area contributed by atoms with Crippen molar-refractivity contribution in [1.82, 2.24) is 20.2 Å². The third-order valence-corrected chi connectivity index (χ3v) is 2.85.